The fraction of sp³-hybridized carbons (Fsp3) is 0.594. The number of benzene rings is 2. The number of carbonyl (C=O) groups is 2. The molecule has 214 valence electrons. The van der Waals surface area contributed by atoms with Gasteiger partial charge in [-0.1, -0.05) is 30.3 Å². The lowest BCUT2D eigenvalue weighted by Gasteiger charge is -2.58. The van der Waals surface area contributed by atoms with Gasteiger partial charge in [0.25, 0.3) is 5.91 Å². The lowest BCUT2D eigenvalue weighted by atomic mass is 9.49. The predicted molar refractivity (Wildman–Crippen MR) is 159 cm³/mol. The first kappa shape index (κ1) is 27.1. The fourth-order valence-electron chi connectivity index (χ4n) is 8.65. The number of amides is 2. The molecule has 1 heterocycles. The van der Waals surface area contributed by atoms with Gasteiger partial charge >= 0.3 is 0 Å². The summed E-state index contributed by atoms with van der Waals surface area (Å²) in [5.41, 5.74) is 12.0. The van der Waals surface area contributed by atoms with Crippen molar-refractivity contribution in [3.8, 4) is 0 Å². The largest absolute Gasteiger partial charge is 0.370 e. The van der Waals surface area contributed by atoms with E-state index in [1.165, 1.54) is 38.5 Å². The molecule has 7 rings (SSSR count). The van der Waals surface area contributed by atoms with Crippen molar-refractivity contribution in [2.24, 2.45) is 39.6 Å². The van der Waals surface area contributed by atoms with Crippen LogP contribution < -0.4 is 22.1 Å². The Labute approximate surface area is 237 Å². The quantitative estimate of drug-likeness (QED) is 0.219. The summed E-state index contributed by atoms with van der Waals surface area (Å²) in [6, 6.07) is 13.6. The van der Waals surface area contributed by atoms with Crippen LogP contribution in [-0.2, 0) is 4.79 Å². The van der Waals surface area contributed by atoms with Gasteiger partial charge in [0.2, 0.25) is 5.91 Å². The summed E-state index contributed by atoms with van der Waals surface area (Å²) in [6.45, 7) is 2.60. The molecule has 2 amide bonds. The van der Waals surface area contributed by atoms with E-state index in [1.54, 1.807) is 0 Å². The van der Waals surface area contributed by atoms with Gasteiger partial charge in [0, 0.05) is 37.8 Å². The molecule has 1 saturated heterocycles. The van der Waals surface area contributed by atoms with Gasteiger partial charge in [0.15, 0.2) is 5.96 Å². The zero-order valence-corrected chi connectivity index (χ0v) is 23.5. The molecule has 5 fully saturated rings. The van der Waals surface area contributed by atoms with Crippen molar-refractivity contribution in [3.63, 3.8) is 0 Å². The first-order chi connectivity index (χ1) is 19.4. The van der Waals surface area contributed by atoms with Crippen LogP contribution in [0.2, 0.25) is 0 Å². The van der Waals surface area contributed by atoms with E-state index < -0.39 is 0 Å². The smallest absolute Gasteiger partial charge is 0.251 e. The molecule has 1 aliphatic heterocycles. The Morgan fingerprint density at radius 1 is 1.02 bits per heavy atom. The van der Waals surface area contributed by atoms with Gasteiger partial charge in [-0.05, 0) is 104 Å². The molecular formula is C32H44N6O2. The van der Waals surface area contributed by atoms with Gasteiger partial charge in [0.1, 0.15) is 0 Å². The molecular weight excluding hydrogens is 500 g/mol. The minimum absolute atomic E-state index is 0.0165. The molecule has 2 aromatic rings. The maximum absolute atomic E-state index is 13.9. The average Bonchev–Trinajstić information content (AvgIpc) is 3.06. The van der Waals surface area contributed by atoms with Crippen LogP contribution in [0.5, 0.6) is 0 Å². The number of nitrogens with one attached hydrogen (secondary N) is 2. The summed E-state index contributed by atoms with van der Waals surface area (Å²) >= 11 is 0. The topological polar surface area (TPSA) is 126 Å². The second-order valence-electron chi connectivity index (χ2n) is 13.1. The first-order valence-corrected chi connectivity index (χ1v) is 15.2. The predicted octanol–water partition coefficient (Wildman–Crippen LogP) is 3.40. The Bertz CT molecular complexity index is 1240. The minimum Gasteiger partial charge on any atom is -0.370 e. The van der Waals surface area contributed by atoms with Crippen molar-refractivity contribution < 1.29 is 9.59 Å². The normalized spacial score (nSPS) is 31.2. The third kappa shape index (κ3) is 5.97. The number of nitrogens with zero attached hydrogens (tertiary/aromatic N) is 2. The molecule has 5 aliphatic rings. The number of fused-ring (bicyclic) bond motifs is 1. The summed E-state index contributed by atoms with van der Waals surface area (Å²) in [5.74, 6) is 2.78. The van der Waals surface area contributed by atoms with Crippen molar-refractivity contribution in [1.82, 2.24) is 15.5 Å². The van der Waals surface area contributed by atoms with Gasteiger partial charge in [-0.25, -0.2) is 0 Å². The zero-order chi connectivity index (χ0) is 27.7. The number of guanidine groups is 1. The van der Waals surface area contributed by atoms with Gasteiger partial charge < -0.3 is 27.0 Å². The van der Waals surface area contributed by atoms with Crippen LogP contribution in [0.3, 0.4) is 0 Å². The molecule has 4 saturated carbocycles. The van der Waals surface area contributed by atoms with Crippen LogP contribution in [0, 0.1) is 23.2 Å². The van der Waals surface area contributed by atoms with Gasteiger partial charge in [-0.3, -0.25) is 14.6 Å². The van der Waals surface area contributed by atoms with Crippen LogP contribution in [-0.4, -0.2) is 60.9 Å². The van der Waals surface area contributed by atoms with Gasteiger partial charge in [-0.15, -0.1) is 0 Å². The number of hydrogen-bond acceptors (Lipinski definition) is 4. The number of aliphatic imine (C=N–C) groups is 1. The molecule has 0 unspecified atom stereocenters. The lowest BCUT2D eigenvalue weighted by Crippen LogP contribution is -2.54. The molecule has 40 heavy (non-hydrogen) atoms. The molecule has 2 atom stereocenters. The summed E-state index contributed by atoms with van der Waals surface area (Å²) < 4.78 is 0. The molecule has 6 N–H and O–H groups in total. The fourth-order valence-corrected chi connectivity index (χ4v) is 8.65. The van der Waals surface area contributed by atoms with Gasteiger partial charge in [0.05, 0.1) is 6.04 Å². The van der Waals surface area contributed by atoms with E-state index in [-0.39, 0.29) is 29.9 Å². The number of carbonyl (C=O) groups excluding carboxylic acids is 2. The van der Waals surface area contributed by atoms with Crippen molar-refractivity contribution in [2.45, 2.75) is 69.9 Å². The van der Waals surface area contributed by atoms with Crippen LogP contribution in [0.1, 0.15) is 68.1 Å². The molecule has 0 radical (unpaired) electrons. The van der Waals surface area contributed by atoms with Crippen molar-refractivity contribution in [1.29, 1.82) is 0 Å². The highest BCUT2D eigenvalue weighted by atomic mass is 16.2. The average molecular weight is 545 g/mol. The van der Waals surface area contributed by atoms with E-state index in [2.05, 4.69) is 20.5 Å². The summed E-state index contributed by atoms with van der Waals surface area (Å²) in [6.07, 6.45) is 10.3. The number of hydrogen-bond donors (Lipinski definition) is 4. The summed E-state index contributed by atoms with van der Waals surface area (Å²) in [5, 5.41) is 8.91. The van der Waals surface area contributed by atoms with E-state index in [9.17, 15) is 9.59 Å². The van der Waals surface area contributed by atoms with Crippen molar-refractivity contribution in [2.75, 3.05) is 26.2 Å². The summed E-state index contributed by atoms with van der Waals surface area (Å²) in [7, 11) is 0. The van der Waals surface area contributed by atoms with Crippen LogP contribution in [0.25, 0.3) is 10.8 Å². The Kier molecular flexibility index (Phi) is 7.71. The molecule has 8 nitrogen and oxygen atoms in total. The Hall–Kier alpha value is -3.13. The van der Waals surface area contributed by atoms with Crippen LogP contribution in [0.15, 0.2) is 47.5 Å². The number of rotatable bonds is 9. The highest BCUT2D eigenvalue weighted by Gasteiger charge is 2.52. The van der Waals surface area contributed by atoms with Crippen LogP contribution in [0.4, 0.5) is 0 Å². The number of nitrogens with two attached hydrogens (primary N) is 2. The second kappa shape index (κ2) is 11.4. The zero-order valence-electron chi connectivity index (χ0n) is 23.5. The van der Waals surface area contributed by atoms with E-state index in [1.807, 2.05) is 42.5 Å². The highest BCUT2D eigenvalue weighted by molar-refractivity contribution is 5.98. The van der Waals surface area contributed by atoms with Gasteiger partial charge in [-0.2, -0.15) is 0 Å². The Morgan fingerprint density at radius 3 is 2.42 bits per heavy atom. The summed E-state index contributed by atoms with van der Waals surface area (Å²) in [4.78, 5) is 33.3. The standard InChI is InChI=1S/C32H44N6O2/c33-31(34)35-10-3-6-28-30(40)38(20-32-16-21-12-22(17-32)14-23(13-21)18-32)11-9-27(37-28)19-36-29(39)26-8-7-24-4-1-2-5-25(24)15-26/h1-2,4-5,7-8,15,21-23,27-28,37H,3,6,9-14,16-20H2,(H,36,39)(H4,33,34,35)/t21?,22?,23?,27-,28-,32?/m1/s1. The SMILES string of the molecule is NC(N)=NCCC[C@H]1N[C@@H](CNC(=O)c2ccc3ccccc3c2)CCN(CC23CC4CC(CC(C4)C2)C3)C1=O. The van der Waals surface area contributed by atoms with E-state index in [4.69, 9.17) is 11.5 Å². The molecule has 0 aromatic heterocycles. The van der Waals surface area contributed by atoms with E-state index >= 15 is 0 Å². The van der Waals surface area contributed by atoms with Crippen LogP contribution >= 0.6 is 0 Å². The molecule has 0 spiro atoms. The molecule has 8 heteroatoms. The maximum Gasteiger partial charge on any atom is 0.251 e. The van der Waals surface area contributed by atoms with Crippen molar-refractivity contribution >= 4 is 28.5 Å². The highest BCUT2D eigenvalue weighted by Crippen LogP contribution is 2.60. The van der Waals surface area contributed by atoms with E-state index in [0.717, 1.165) is 54.5 Å². The Morgan fingerprint density at radius 2 is 1.73 bits per heavy atom. The van der Waals surface area contributed by atoms with E-state index in [0.29, 0.717) is 30.5 Å². The second-order valence-corrected chi connectivity index (χ2v) is 13.1. The third-order valence-electron chi connectivity index (χ3n) is 9.95. The van der Waals surface area contributed by atoms with Crippen molar-refractivity contribution in [3.05, 3.63) is 48.0 Å². The first-order valence-electron chi connectivity index (χ1n) is 15.2. The lowest BCUT2D eigenvalue weighted by molar-refractivity contribution is -0.138. The maximum atomic E-state index is 13.9. The molecule has 4 aliphatic carbocycles. The monoisotopic (exact) mass is 544 g/mol. The third-order valence-corrected chi connectivity index (χ3v) is 9.95. The minimum atomic E-state index is -0.298. The molecule has 2 aromatic carbocycles. The Balaban J connectivity index is 1.12. The molecule has 4 bridgehead atoms.